The molecule has 0 aromatic carbocycles. The van der Waals surface area contributed by atoms with Crippen molar-refractivity contribution in [1.29, 1.82) is 0 Å². The summed E-state index contributed by atoms with van der Waals surface area (Å²) in [5, 5.41) is 3.22. The van der Waals surface area contributed by atoms with Gasteiger partial charge in [0.2, 0.25) is 0 Å². The van der Waals surface area contributed by atoms with Crippen LogP contribution in [0.1, 0.15) is 18.5 Å². The van der Waals surface area contributed by atoms with Gasteiger partial charge in [0, 0.05) is 18.4 Å². The van der Waals surface area contributed by atoms with E-state index < -0.39 is 10.0 Å². The Labute approximate surface area is 113 Å². The normalized spacial score (nSPS) is 17.2. The van der Waals surface area contributed by atoms with Crippen LogP contribution in [-0.2, 0) is 10.0 Å². The average molecular weight is 293 g/mol. The van der Waals surface area contributed by atoms with Crippen molar-refractivity contribution in [3.05, 3.63) is 18.1 Å². The van der Waals surface area contributed by atoms with Gasteiger partial charge in [0.05, 0.1) is 5.69 Å². The van der Waals surface area contributed by atoms with Crippen LogP contribution in [0.2, 0.25) is 0 Å². The van der Waals surface area contributed by atoms with E-state index >= 15 is 0 Å². The molecule has 6 nitrogen and oxygen atoms in total. The van der Waals surface area contributed by atoms with Crippen molar-refractivity contribution in [2.45, 2.75) is 30.8 Å². The Hall–Kier alpha value is -0.760. The molecule has 1 aliphatic rings. The first-order valence-corrected chi connectivity index (χ1v) is 7.08. The Balaban J connectivity index is 0.00000162. The molecular formula is C10H17ClN4O2S. The summed E-state index contributed by atoms with van der Waals surface area (Å²) in [6.07, 6.45) is 4.49. The van der Waals surface area contributed by atoms with Crippen LogP contribution in [-0.4, -0.2) is 37.5 Å². The third-order valence-corrected chi connectivity index (χ3v) is 4.31. The van der Waals surface area contributed by atoms with Crippen LogP contribution in [0.25, 0.3) is 0 Å². The Morgan fingerprint density at radius 1 is 1.28 bits per heavy atom. The summed E-state index contributed by atoms with van der Waals surface area (Å²) in [6, 6.07) is -0.0114. The number of aryl methyl sites for hydroxylation is 1. The topological polar surface area (TPSA) is 84.0 Å². The molecule has 1 saturated heterocycles. The molecule has 0 radical (unpaired) electrons. The highest BCUT2D eigenvalue weighted by molar-refractivity contribution is 7.89. The fourth-order valence-electron chi connectivity index (χ4n) is 1.87. The van der Waals surface area contributed by atoms with Gasteiger partial charge in [-0.25, -0.2) is 18.1 Å². The van der Waals surface area contributed by atoms with Gasteiger partial charge in [0.1, 0.15) is 0 Å². The Morgan fingerprint density at radius 3 is 2.50 bits per heavy atom. The second-order valence-electron chi connectivity index (χ2n) is 4.09. The van der Waals surface area contributed by atoms with Gasteiger partial charge in [-0.2, -0.15) is 0 Å². The fourth-order valence-corrected chi connectivity index (χ4v) is 3.30. The lowest BCUT2D eigenvalue weighted by atomic mass is 10.1. The number of hydrogen-bond donors (Lipinski definition) is 2. The minimum absolute atomic E-state index is 0. The Bertz CT molecular complexity index is 488. The lowest BCUT2D eigenvalue weighted by Gasteiger charge is -2.23. The van der Waals surface area contributed by atoms with Crippen molar-refractivity contribution in [1.82, 2.24) is 20.0 Å². The van der Waals surface area contributed by atoms with E-state index in [2.05, 4.69) is 20.0 Å². The summed E-state index contributed by atoms with van der Waals surface area (Å²) < 4.78 is 26.9. The molecule has 0 unspecified atom stereocenters. The number of nitrogens with zero attached hydrogens (tertiary/aromatic N) is 2. The van der Waals surface area contributed by atoms with Gasteiger partial charge in [-0.3, -0.25) is 4.98 Å². The fraction of sp³-hybridized carbons (Fsp3) is 0.600. The lowest BCUT2D eigenvalue weighted by Crippen LogP contribution is -2.43. The van der Waals surface area contributed by atoms with Crippen molar-refractivity contribution >= 4 is 22.4 Å². The summed E-state index contributed by atoms with van der Waals surface area (Å²) in [4.78, 5) is 7.83. The zero-order valence-electron chi connectivity index (χ0n) is 10.1. The predicted octanol–water partition coefficient (Wildman–Crippen LogP) is 0.237. The molecule has 8 heteroatoms. The molecule has 2 rings (SSSR count). The van der Waals surface area contributed by atoms with Crippen LogP contribution >= 0.6 is 12.4 Å². The number of halogens is 1. The van der Waals surface area contributed by atoms with E-state index in [-0.39, 0.29) is 23.5 Å². The molecule has 0 bridgehead atoms. The van der Waals surface area contributed by atoms with Crippen LogP contribution in [0, 0.1) is 6.92 Å². The smallest absolute Gasteiger partial charge is 0.260 e. The molecule has 2 N–H and O–H groups in total. The highest BCUT2D eigenvalue weighted by Gasteiger charge is 2.24. The standard InChI is InChI=1S/C10H16N4O2S.ClH/c1-8-10(13-7-6-12-8)17(15,16)14-9-2-4-11-5-3-9;/h6-7,9,11,14H,2-5H2,1H3;1H. The van der Waals surface area contributed by atoms with E-state index in [1.807, 2.05) is 0 Å². The van der Waals surface area contributed by atoms with E-state index in [0.717, 1.165) is 25.9 Å². The van der Waals surface area contributed by atoms with E-state index in [1.165, 1.54) is 12.4 Å². The van der Waals surface area contributed by atoms with E-state index in [0.29, 0.717) is 5.69 Å². The van der Waals surface area contributed by atoms with Gasteiger partial charge >= 0.3 is 0 Å². The largest absolute Gasteiger partial charge is 0.317 e. The molecule has 1 fully saturated rings. The molecule has 0 saturated carbocycles. The number of rotatable bonds is 3. The molecule has 2 heterocycles. The van der Waals surface area contributed by atoms with Crippen LogP contribution in [0.3, 0.4) is 0 Å². The molecular weight excluding hydrogens is 276 g/mol. The molecule has 18 heavy (non-hydrogen) atoms. The number of hydrogen-bond acceptors (Lipinski definition) is 5. The maximum atomic E-state index is 12.1. The van der Waals surface area contributed by atoms with Crippen molar-refractivity contribution in [2.75, 3.05) is 13.1 Å². The monoisotopic (exact) mass is 292 g/mol. The Kier molecular flexibility index (Phi) is 5.46. The van der Waals surface area contributed by atoms with Gasteiger partial charge in [-0.15, -0.1) is 12.4 Å². The molecule has 0 aliphatic carbocycles. The van der Waals surface area contributed by atoms with Crippen molar-refractivity contribution < 1.29 is 8.42 Å². The van der Waals surface area contributed by atoms with Gasteiger partial charge < -0.3 is 5.32 Å². The third kappa shape index (κ3) is 3.61. The number of nitrogens with one attached hydrogen (secondary N) is 2. The summed E-state index contributed by atoms with van der Waals surface area (Å²) in [7, 11) is -3.54. The zero-order valence-corrected chi connectivity index (χ0v) is 11.7. The van der Waals surface area contributed by atoms with Gasteiger partial charge in [0.25, 0.3) is 10.0 Å². The van der Waals surface area contributed by atoms with Crippen molar-refractivity contribution in [3.8, 4) is 0 Å². The number of aromatic nitrogens is 2. The molecule has 102 valence electrons. The summed E-state index contributed by atoms with van der Waals surface area (Å²) >= 11 is 0. The molecule has 0 amide bonds. The number of piperidine rings is 1. The second-order valence-corrected chi connectivity index (χ2v) is 5.72. The van der Waals surface area contributed by atoms with Crippen LogP contribution in [0.4, 0.5) is 0 Å². The van der Waals surface area contributed by atoms with Crippen LogP contribution in [0.5, 0.6) is 0 Å². The third-order valence-electron chi connectivity index (χ3n) is 2.75. The predicted molar refractivity (Wildman–Crippen MR) is 70.2 cm³/mol. The van der Waals surface area contributed by atoms with E-state index in [9.17, 15) is 8.42 Å². The minimum Gasteiger partial charge on any atom is -0.317 e. The van der Waals surface area contributed by atoms with E-state index in [4.69, 9.17) is 0 Å². The van der Waals surface area contributed by atoms with E-state index in [1.54, 1.807) is 6.92 Å². The van der Waals surface area contributed by atoms with Crippen molar-refractivity contribution in [3.63, 3.8) is 0 Å². The average Bonchev–Trinajstić information content (AvgIpc) is 2.30. The SMILES string of the molecule is Cc1nccnc1S(=O)(=O)NC1CCNCC1.Cl. The zero-order chi connectivity index (χ0) is 12.3. The molecule has 0 spiro atoms. The maximum Gasteiger partial charge on any atom is 0.260 e. The van der Waals surface area contributed by atoms with Crippen LogP contribution < -0.4 is 10.0 Å². The first kappa shape index (κ1) is 15.3. The quantitative estimate of drug-likeness (QED) is 0.834. The molecule has 1 aliphatic heterocycles. The minimum atomic E-state index is -3.54. The first-order chi connectivity index (χ1) is 8.09. The summed E-state index contributed by atoms with van der Waals surface area (Å²) in [6.45, 7) is 3.32. The summed E-state index contributed by atoms with van der Waals surface area (Å²) in [5.74, 6) is 0. The second kappa shape index (κ2) is 6.42. The molecule has 1 aromatic rings. The van der Waals surface area contributed by atoms with Crippen molar-refractivity contribution in [2.24, 2.45) is 0 Å². The number of sulfonamides is 1. The highest BCUT2D eigenvalue weighted by Crippen LogP contribution is 2.11. The first-order valence-electron chi connectivity index (χ1n) is 5.60. The van der Waals surface area contributed by atoms with Gasteiger partial charge in [0.15, 0.2) is 5.03 Å². The Morgan fingerprint density at radius 2 is 1.89 bits per heavy atom. The lowest BCUT2D eigenvalue weighted by molar-refractivity contribution is 0.426. The summed E-state index contributed by atoms with van der Waals surface area (Å²) in [5.41, 5.74) is 0.425. The van der Waals surface area contributed by atoms with Gasteiger partial charge in [-0.05, 0) is 32.9 Å². The molecule has 1 aromatic heterocycles. The maximum absolute atomic E-state index is 12.1. The molecule has 0 atom stereocenters. The highest BCUT2D eigenvalue weighted by atomic mass is 35.5. The van der Waals surface area contributed by atoms with Crippen LogP contribution in [0.15, 0.2) is 17.4 Å². The van der Waals surface area contributed by atoms with Gasteiger partial charge in [-0.1, -0.05) is 0 Å².